The molecule has 0 radical (unpaired) electrons. The molecule has 1 saturated carbocycles. The fourth-order valence-corrected chi connectivity index (χ4v) is 3.09. The molecule has 0 spiro atoms. The van der Waals surface area contributed by atoms with Crippen LogP contribution in [0.2, 0.25) is 0 Å². The first-order chi connectivity index (χ1) is 9.50. The van der Waals surface area contributed by atoms with Crippen molar-refractivity contribution in [1.82, 2.24) is 5.32 Å². The second-order valence-corrected chi connectivity index (χ2v) is 6.53. The molecule has 114 valence electrons. The SMILES string of the molecule is CC1(CNC(=O)C2CCC(C(=O)O)CC2)CCOCC1. The molecule has 5 nitrogen and oxygen atoms in total. The number of nitrogens with one attached hydrogen (secondary N) is 1. The number of carbonyl (C=O) groups is 2. The van der Waals surface area contributed by atoms with Crippen LogP contribution < -0.4 is 5.32 Å². The molecule has 1 aliphatic heterocycles. The van der Waals surface area contributed by atoms with Gasteiger partial charge in [0.1, 0.15) is 0 Å². The van der Waals surface area contributed by atoms with Gasteiger partial charge >= 0.3 is 5.97 Å². The van der Waals surface area contributed by atoms with Crippen LogP contribution in [0, 0.1) is 17.3 Å². The van der Waals surface area contributed by atoms with Gasteiger partial charge in [-0.05, 0) is 43.9 Å². The second-order valence-electron chi connectivity index (χ2n) is 6.53. The van der Waals surface area contributed by atoms with Crippen molar-refractivity contribution in [3.63, 3.8) is 0 Å². The summed E-state index contributed by atoms with van der Waals surface area (Å²) in [4.78, 5) is 23.1. The molecule has 0 atom stereocenters. The molecule has 1 amide bonds. The maximum Gasteiger partial charge on any atom is 0.306 e. The first kappa shape index (κ1) is 15.3. The number of carboxylic acids is 1. The highest BCUT2D eigenvalue weighted by Crippen LogP contribution is 2.31. The van der Waals surface area contributed by atoms with Gasteiger partial charge in [-0.1, -0.05) is 6.92 Å². The van der Waals surface area contributed by atoms with E-state index in [1.807, 2.05) is 0 Å². The Morgan fingerprint density at radius 3 is 2.25 bits per heavy atom. The normalized spacial score (nSPS) is 29.6. The minimum Gasteiger partial charge on any atom is -0.481 e. The van der Waals surface area contributed by atoms with E-state index >= 15 is 0 Å². The van der Waals surface area contributed by atoms with Crippen LogP contribution in [-0.4, -0.2) is 36.7 Å². The summed E-state index contributed by atoms with van der Waals surface area (Å²) in [5, 5.41) is 12.0. The Balaban J connectivity index is 1.74. The van der Waals surface area contributed by atoms with Gasteiger partial charge in [-0.15, -0.1) is 0 Å². The third kappa shape index (κ3) is 3.95. The van der Waals surface area contributed by atoms with E-state index in [-0.39, 0.29) is 23.2 Å². The number of hydrogen-bond donors (Lipinski definition) is 2. The number of amides is 1. The third-order valence-electron chi connectivity index (χ3n) is 4.84. The summed E-state index contributed by atoms with van der Waals surface area (Å²) in [6, 6.07) is 0. The van der Waals surface area contributed by atoms with Crippen LogP contribution in [-0.2, 0) is 14.3 Å². The maximum absolute atomic E-state index is 12.2. The Hall–Kier alpha value is -1.10. The van der Waals surface area contributed by atoms with Crippen molar-refractivity contribution in [2.45, 2.75) is 45.4 Å². The van der Waals surface area contributed by atoms with Crippen molar-refractivity contribution >= 4 is 11.9 Å². The number of aliphatic carboxylic acids is 1. The van der Waals surface area contributed by atoms with Gasteiger partial charge in [0.15, 0.2) is 0 Å². The fraction of sp³-hybridized carbons (Fsp3) is 0.867. The first-order valence-electron chi connectivity index (χ1n) is 7.58. The van der Waals surface area contributed by atoms with E-state index in [1.54, 1.807) is 0 Å². The van der Waals surface area contributed by atoms with E-state index in [0.29, 0.717) is 32.2 Å². The van der Waals surface area contributed by atoms with Crippen LogP contribution >= 0.6 is 0 Å². The molecule has 0 unspecified atom stereocenters. The smallest absolute Gasteiger partial charge is 0.306 e. The Bertz CT molecular complexity index is 355. The minimum atomic E-state index is -0.724. The largest absolute Gasteiger partial charge is 0.481 e. The van der Waals surface area contributed by atoms with Crippen LogP contribution in [0.15, 0.2) is 0 Å². The van der Waals surface area contributed by atoms with Gasteiger partial charge in [-0.25, -0.2) is 0 Å². The van der Waals surface area contributed by atoms with Crippen LogP contribution in [0.3, 0.4) is 0 Å². The topological polar surface area (TPSA) is 75.6 Å². The van der Waals surface area contributed by atoms with Crippen LogP contribution in [0.4, 0.5) is 0 Å². The molecule has 0 aromatic heterocycles. The number of hydrogen-bond acceptors (Lipinski definition) is 3. The van der Waals surface area contributed by atoms with Crippen molar-refractivity contribution in [1.29, 1.82) is 0 Å². The molecular formula is C15H25NO4. The second kappa shape index (κ2) is 6.57. The molecule has 1 aliphatic carbocycles. The van der Waals surface area contributed by atoms with Crippen LogP contribution in [0.5, 0.6) is 0 Å². The van der Waals surface area contributed by atoms with Crippen molar-refractivity contribution < 1.29 is 19.4 Å². The van der Waals surface area contributed by atoms with Crippen LogP contribution in [0.25, 0.3) is 0 Å². The fourth-order valence-electron chi connectivity index (χ4n) is 3.09. The van der Waals surface area contributed by atoms with Crippen molar-refractivity contribution in [2.24, 2.45) is 17.3 Å². The Morgan fingerprint density at radius 1 is 1.15 bits per heavy atom. The standard InChI is InChI=1S/C15H25NO4/c1-15(6-8-20-9-7-15)10-16-13(17)11-2-4-12(5-3-11)14(18)19/h11-12H,2-10H2,1H3,(H,16,17)(H,18,19). The predicted octanol–water partition coefficient (Wildman–Crippen LogP) is 1.81. The van der Waals surface area contributed by atoms with Gasteiger partial charge in [0.2, 0.25) is 5.91 Å². The van der Waals surface area contributed by atoms with E-state index in [2.05, 4.69) is 12.2 Å². The number of rotatable bonds is 4. The molecule has 20 heavy (non-hydrogen) atoms. The average molecular weight is 283 g/mol. The molecule has 2 rings (SSSR count). The molecule has 1 heterocycles. The van der Waals surface area contributed by atoms with Gasteiger partial charge in [0.05, 0.1) is 5.92 Å². The van der Waals surface area contributed by atoms with Crippen LogP contribution in [0.1, 0.15) is 45.4 Å². The number of ether oxygens (including phenoxy) is 1. The molecule has 0 aromatic rings. The molecule has 0 bridgehead atoms. The van der Waals surface area contributed by atoms with Crippen molar-refractivity contribution in [3.8, 4) is 0 Å². The van der Waals surface area contributed by atoms with E-state index < -0.39 is 5.97 Å². The highest BCUT2D eigenvalue weighted by Gasteiger charge is 2.32. The summed E-state index contributed by atoms with van der Waals surface area (Å²) in [5.41, 5.74) is 0.145. The van der Waals surface area contributed by atoms with Gasteiger partial charge < -0.3 is 15.2 Å². The third-order valence-corrected chi connectivity index (χ3v) is 4.84. The Kier molecular flexibility index (Phi) is 5.02. The lowest BCUT2D eigenvalue weighted by molar-refractivity contribution is -0.144. The van der Waals surface area contributed by atoms with Gasteiger partial charge in [0, 0.05) is 25.7 Å². The maximum atomic E-state index is 12.2. The zero-order chi connectivity index (χ0) is 14.6. The molecule has 5 heteroatoms. The predicted molar refractivity (Wildman–Crippen MR) is 74.3 cm³/mol. The lowest BCUT2D eigenvalue weighted by atomic mass is 9.80. The highest BCUT2D eigenvalue weighted by atomic mass is 16.5. The number of carboxylic acid groups (broad SMARTS) is 1. The zero-order valence-corrected chi connectivity index (χ0v) is 12.2. The lowest BCUT2D eigenvalue weighted by Gasteiger charge is -2.34. The van der Waals surface area contributed by atoms with Gasteiger partial charge in [-0.2, -0.15) is 0 Å². The summed E-state index contributed by atoms with van der Waals surface area (Å²) in [6.07, 6.45) is 4.61. The Labute approximate surface area is 120 Å². The summed E-state index contributed by atoms with van der Waals surface area (Å²) in [6.45, 7) is 4.44. The molecule has 2 N–H and O–H groups in total. The summed E-state index contributed by atoms with van der Waals surface area (Å²) >= 11 is 0. The quantitative estimate of drug-likeness (QED) is 0.825. The Morgan fingerprint density at radius 2 is 1.70 bits per heavy atom. The highest BCUT2D eigenvalue weighted by molar-refractivity contribution is 5.79. The van der Waals surface area contributed by atoms with E-state index in [0.717, 1.165) is 26.1 Å². The van der Waals surface area contributed by atoms with E-state index in [1.165, 1.54) is 0 Å². The molecule has 2 fully saturated rings. The monoisotopic (exact) mass is 283 g/mol. The van der Waals surface area contributed by atoms with E-state index in [4.69, 9.17) is 9.84 Å². The van der Waals surface area contributed by atoms with Crippen molar-refractivity contribution in [2.75, 3.05) is 19.8 Å². The first-order valence-corrected chi connectivity index (χ1v) is 7.58. The summed E-state index contributed by atoms with van der Waals surface area (Å²) in [5.74, 6) is -0.888. The average Bonchev–Trinajstić information content (AvgIpc) is 2.46. The van der Waals surface area contributed by atoms with Gasteiger partial charge in [0.25, 0.3) is 0 Å². The molecule has 2 aliphatic rings. The molecular weight excluding hydrogens is 258 g/mol. The summed E-state index contributed by atoms with van der Waals surface area (Å²) < 4.78 is 5.35. The van der Waals surface area contributed by atoms with Crippen molar-refractivity contribution in [3.05, 3.63) is 0 Å². The minimum absolute atomic E-state index is 0.00552. The van der Waals surface area contributed by atoms with Gasteiger partial charge in [-0.3, -0.25) is 9.59 Å². The lowest BCUT2D eigenvalue weighted by Crippen LogP contribution is -2.42. The molecule has 0 aromatic carbocycles. The molecule has 1 saturated heterocycles. The van der Waals surface area contributed by atoms with E-state index in [9.17, 15) is 9.59 Å². The zero-order valence-electron chi connectivity index (χ0n) is 12.2. The number of carbonyl (C=O) groups excluding carboxylic acids is 1. The summed E-state index contributed by atoms with van der Waals surface area (Å²) in [7, 11) is 0.